The molecule has 0 saturated heterocycles. The van der Waals surface area contributed by atoms with Crippen LogP contribution in [0.5, 0.6) is 0 Å². The van der Waals surface area contributed by atoms with Gasteiger partial charge in [0.1, 0.15) is 11.4 Å². The summed E-state index contributed by atoms with van der Waals surface area (Å²) in [6, 6.07) is 29.1. The molecule has 0 fully saturated rings. The summed E-state index contributed by atoms with van der Waals surface area (Å²) in [5, 5.41) is 10.7. The van der Waals surface area contributed by atoms with Gasteiger partial charge in [-0.2, -0.15) is 0 Å². The third-order valence-electron chi connectivity index (χ3n) is 5.25. The van der Waals surface area contributed by atoms with Crippen molar-refractivity contribution in [1.82, 2.24) is 0 Å². The van der Waals surface area contributed by atoms with Crippen molar-refractivity contribution in [3.63, 3.8) is 0 Å². The maximum absolute atomic E-state index is 8.44. The Bertz CT molecular complexity index is 1450. The summed E-state index contributed by atoms with van der Waals surface area (Å²) >= 11 is 6.36. The van der Waals surface area contributed by atoms with Crippen LogP contribution in [0.4, 0.5) is 0 Å². The van der Waals surface area contributed by atoms with Crippen LogP contribution in [0.3, 0.4) is 0 Å². The van der Waals surface area contributed by atoms with Crippen molar-refractivity contribution in [3.05, 3.63) is 107 Å². The third-order valence-corrected chi connectivity index (χ3v) is 5.55. The molecule has 0 unspecified atom stereocenters. The fourth-order valence-corrected chi connectivity index (χ4v) is 3.90. The lowest BCUT2D eigenvalue weighted by Gasteiger charge is -2.06. The van der Waals surface area contributed by atoms with Crippen molar-refractivity contribution in [1.29, 1.82) is 5.41 Å². The summed E-state index contributed by atoms with van der Waals surface area (Å²) in [6.07, 6.45) is 0. The summed E-state index contributed by atoms with van der Waals surface area (Å²) in [5.41, 5.74) is 11.2. The topological polar surface area (TPSA) is 75.4 Å². The molecule has 0 bridgehead atoms. The number of hydrogen-bond donors (Lipinski definition) is 2. The first-order chi connectivity index (χ1) is 15.1. The van der Waals surface area contributed by atoms with Gasteiger partial charge in [-0.25, -0.2) is 4.99 Å². The lowest BCUT2D eigenvalue weighted by atomic mass is 10.0. The fraction of sp³-hybridized carbons (Fsp3) is 0. The molecule has 3 N–H and O–H groups in total. The number of nitrogens with zero attached hydrogens (tertiary/aromatic N) is 1. The maximum atomic E-state index is 8.44. The van der Waals surface area contributed by atoms with E-state index in [0.717, 1.165) is 27.5 Å². The second-order valence-corrected chi connectivity index (χ2v) is 7.59. The van der Waals surface area contributed by atoms with Crippen molar-refractivity contribution >= 4 is 45.2 Å². The van der Waals surface area contributed by atoms with Crippen LogP contribution < -0.4 is 5.73 Å². The molecule has 0 amide bonds. The average Bonchev–Trinajstić information content (AvgIpc) is 3.20. The zero-order valence-corrected chi connectivity index (χ0v) is 17.2. The molecule has 5 aromatic rings. The monoisotopic (exact) mass is 423 g/mol. The molecule has 0 aliphatic carbocycles. The third kappa shape index (κ3) is 3.47. The van der Waals surface area contributed by atoms with E-state index < -0.39 is 0 Å². The molecule has 0 atom stereocenters. The van der Waals surface area contributed by atoms with Gasteiger partial charge in [-0.1, -0.05) is 84.4 Å². The highest BCUT2D eigenvalue weighted by atomic mass is 35.5. The van der Waals surface area contributed by atoms with Gasteiger partial charge >= 0.3 is 0 Å². The SMILES string of the molecule is N=C(/N=C(\N)c1ccc(Cl)c2oc3ccccc3c12)c1ccc(-c2ccccc2)cc1. The molecule has 0 spiro atoms. The van der Waals surface area contributed by atoms with Crippen molar-refractivity contribution in [3.8, 4) is 11.1 Å². The van der Waals surface area contributed by atoms with Crippen LogP contribution in [-0.4, -0.2) is 11.7 Å². The minimum Gasteiger partial charge on any atom is -0.454 e. The Kier molecular flexibility index (Phi) is 4.77. The molecule has 0 aliphatic rings. The molecule has 4 nitrogen and oxygen atoms in total. The van der Waals surface area contributed by atoms with Crippen LogP contribution in [0.1, 0.15) is 11.1 Å². The lowest BCUT2D eigenvalue weighted by molar-refractivity contribution is 0.669. The quantitative estimate of drug-likeness (QED) is 0.252. The summed E-state index contributed by atoms with van der Waals surface area (Å²) in [4.78, 5) is 4.38. The predicted octanol–water partition coefficient (Wildman–Crippen LogP) is 6.64. The van der Waals surface area contributed by atoms with Crippen LogP contribution in [-0.2, 0) is 0 Å². The molecule has 0 saturated carbocycles. The Morgan fingerprint density at radius 2 is 1.48 bits per heavy atom. The van der Waals surface area contributed by atoms with Gasteiger partial charge in [0.25, 0.3) is 0 Å². The number of halogens is 1. The van der Waals surface area contributed by atoms with Crippen molar-refractivity contribution < 1.29 is 4.42 Å². The zero-order valence-electron chi connectivity index (χ0n) is 16.5. The molecular weight excluding hydrogens is 406 g/mol. The number of benzene rings is 4. The number of nitrogens with one attached hydrogen (secondary N) is 1. The van der Waals surface area contributed by atoms with Crippen molar-refractivity contribution in [2.24, 2.45) is 10.7 Å². The van der Waals surface area contributed by atoms with Gasteiger partial charge in [0, 0.05) is 21.9 Å². The Morgan fingerprint density at radius 1 is 0.806 bits per heavy atom. The number of rotatable bonds is 3. The van der Waals surface area contributed by atoms with E-state index in [1.807, 2.05) is 72.8 Å². The van der Waals surface area contributed by atoms with Crippen LogP contribution >= 0.6 is 11.6 Å². The minimum absolute atomic E-state index is 0.0908. The van der Waals surface area contributed by atoms with E-state index in [2.05, 4.69) is 17.1 Å². The van der Waals surface area contributed by atoms with Gasteiger partial charge in [-0.15, -0.1) is 0 Å². The van der Waals surface area contributed by atoms with Gasteiger partial charge in [0.05, 0.1) is 5.02 Å². The Morgan fingerprint density at radius 3 is 2.26 bits per heavy atom. The Labute approximate surface area is 184 Å². The molecule has 31 heavy (non-hydrogen) atoms. The Hall–Kier alpha value is -3.89. The molecule has 4 aromatic carbocycles. The fourth-order valence-electron chi connectivity index (χ4n) is 3.71. The second-order valence-electron chi connectivity index (χ2n) is 7.19. The zero-order chi connectivity index (χ0) is 21.4. The Balaban J connectivity index is 1.52. The van der Waals surface area contributed by atoms with Crippen LogP contribution in [0.15, 0.2) is 100 Å². The van der Waals surface area contributed by atoms with Gasteiger partial charge in [-0.05, 0) is 29.3 Å². The maximum Gasteiger partial charge on any atom is 0.154 e. The number of para-hydroxylation sites is 1. The highest BCUT2D eigenvalue weighted by molar-refractivity contribution is 6.37. The van der Waals surface area contributed by atoms with E-state index >= 15 is 0 Å². The number of nitrogens with two attached hydrogens (primary N) is 1. The first-order valence-corrected chi connectivity index (χ1v) is 10.2. The van der Waals surface area contributed by atoms with Gasteiger partial charge in [0.2, 0.25) is 0 Å². The van der Waals surface area contributed by atoms with E-state index in [4.69, 9.17) is 27.2 Å². The highest BCUT2D eigenvalue weighted by Gasteiger charge is 2.16. The van der Waals surface area contributed by atoms with Crippen LogP contribution in [0.2, 0.25) is 5.02 Å². The number of aliphatic imine (C=N–C) groups is 1. The predicted molar refractivity (Wildman–Crippen MR) is 128 cm³/mol. The van der Waals surface area contributed by atoms with Crippen molar-refractivity contribution in [2.75, 3.05) is 0 Å². The normalized spacial score (nSPS) is 11.8. The van der Waals surface area contributed by atoms with Crippen molar-refractivity contribution in [2.45, 2.75) is 0 Å². The molecule has 150 valence electrons. The van der Waals surface area contributed by atoms with Crippen LogP contribution in [0, 0.1) is 5.41 Å². The first-order valence-electron chi connectivity index (χ1n) is 9.80. The van der Waals surface area contributed by atoms with Gasteiger partial charge in [0.15, 0.2) is 11.4 Å². The van der Waals surface area contributed by atoms with Gasteiger partial charge in [-0.3, -0.25) is 5.41 Å². The minimum atomic E-state index is 0.0908. The number of amidine groups is 2. The van der Waals surface area contributed by atoms with E-state index in [-0.39, 0.29) is 11.7 Å². The summed E-state index contributed by atoms with van der Waals surface area (Å²) in [5.74, 6) is 0.332. The van der Waals surface area contributed by atoms with E-state index in [1.54, 1.807) is 6.07 Å². The molecule has 1 aromatic heterocycles. The van der Waals surface area contributed by atoms with Gasteiger partial charge < -0.3 is 10.2 Å². The first kappa shape index (κ1) is 19.1. The van der Waals surface area contributed by atoms with Crippen LogP contribution in [0.25, 0.3) is 33.1 Å². The summed E-state index contributed by atoms with van der Waals surface area (Å²) in [7, 11) is 0. The number of hydrogen-bond acceptors (Lipinski definition) is 2. The highest BCUT2D eigenvalue weighted by Crippen LogP contribution is 2.35. The molecule has 1 heterocycles. The average molecular weight is 424 g/mol. The molecule has 5 rings (SSSR count). The molecule has 0 aliphatic heterocycles. The summed E-state index contributed by atoms with van der Waals surface area (Å²) < 4.78 is 5.92. The number of fused-ring (bicyclic) bond motifs is 3. The largest absolute Gasteiger partial charge is 0.454 e. The number of furan rings is 1. The molecule has 0 radical (unpaired) electrons. The summed E-state index contributed by atoms with van der Waals surface area (Å²) in [6.45, 7) is 0. The molecule has 5 heteroatoms. The van der Waals surface area contributed by atoms with E-state index in [9.17, 15) is 0 Å². The standard InChI is InChI=1S/C26H18ClN3O/c27-21-15-14-20(23-19-8-4-5-9-22(19)31-24(21)23)26(29)30-25(28)18-12-10-17(11-13-18)16-6-2-1-3-7-16/h1-15H,(H3,28,29,30). The smallest absolute Gasteiger partial charge is 0.154 e. The lowest BCUT2D eigenvalue weighted by Crippen LogP contribution is -2.16. The second kappa shape index (κ2) is 7.74. The van der Waals surface area contributed by atoms with E-state index in [1.165, 1.54) is 0 Å². The molecular formula is C26H18ClN3O. The van der Waals surface area contributed by atoms with E-state index in [0.29, 0.717) is 21.7 Å².